The minimum Gasteiger partial charge on any atom is -0.457 e. The number of aromatic nitrogens is 4. The maximum absolute atomic E-state index is 12.1. The first-order valence-corrected chi connectivity index (χ1v) is 11.0. The molecular weight excluding hydrogens is 448 g/mol. The number of carbonyl (C=O) groups excluding carboxylic acids is 2. The van der Waals surface area contributed by atoms with Gasteiger partial charge in [0.05, 0.1) is 11.9 Å². The van der Waals surface area contributed by atoms with Gasteiger partial charge in [0.1, 0.15) is 47.3 Å². The molecule has 1 amide bonds. The molecule has 0 saturated carbocycles. The molecule has 2 aromatic heterocycles. The van der Waals surface area contributed by atoms with Gasteiger partial charge in [-0.05, 0) is 57.2 Å². The average molecular weight is 475 g/mol. The Bertz CT molecular complexity index is 1330. The predicted octanol–water partition coefficient (Wildman–Crippen LogP) is 3.96. The van der Waals surface area contributed by atoms with E-state index in [0.29, 0.717) is 28.8 Å². The van der Waals surface area contributed by atoms with Crippen molar-refractivity contribution in [2.45, 2.75) is 39.0 Å². The minimum absolute atomic E-state index is 0.0326. The highest BCUT2D eigenvalue weighted by atomic mass is 16.6. The van der Waals surface area contributed by atoms with Crippen molar-refractivity contribution in [1.82, 2.24) is 25.1 Å². The fraction of sp³-hybridized carbons (Fsp3) is 0.240. The van der Waals surface area contributed by atoms with Crippen molar-refractivity contribution in [3.05, 3.63) is 60.9 Å². The molecule has 0 fully saturated rings. The van der Waals surface area contributed by atoms with Crippen LogP contribution in [0, 0.1) is 0 Å². The van der Waals surface area contributed by atoms with Gasteiger partial charge in [-0.25, -0.2) is 19.4 Å². The van der Waals surface area contributed by atoms with E-state index < -0.39 is 17.7 Å². The first kappa shape index (κ1) is 23.7. The molecule has 2 heterocycles. The Morgan fingerprint density at radius 2 is 1.77 bits per heavy atom. The first-order valence-electron chi connectivity index (χ1n) is 11.0. The Kier molecular flexibility index (Phi) is 6.63. The summed E-state index contributed by atoms with van der Waals surface area (Å²) in [4.78, 5) is 32.3. The minimum atomic E-state index is -0.890. The number of aldehydes is 1. The van der Waals surface area contributed by atoms with Gasteiger partial charge in [0, 0.05) is 5.56 Å². The summed E-state index contributed by atoms with van der Waals surface area (Å²) < 4.78 is 12.6. The first-order chi connectivity index (χ1) is 16.7. The van der Waals surface area contributed by atoms with Crippen molar-refractivity contribution in [1.29, 1.82) is 0 Å². The zero-order chi connectivity index (χ0) is 25.0. The van der Waals surface area contributed by atoms with Crippen LogP contribution >= 0.6 is 0 Å². The fourth-order valence-corrected chi connectivity index (χ4v) is 3.43. The fourth-order valence-electron chi connectivity index (χ4n) is 3.43. The second-order valence-electron chi connectivity index (χ2n) is 8.82. The lowest BCUT2D eigenvalue weighted by atomic mass is 10.1. The van der Waals surface area contributed by atoms with Crippen LogP contribution in [0.2, 0.25) is 0 Å². The number of ether oxygens (including phenoxy) is 2. The molecular formula is C25H26N6O4. The van der Waals surface area contributed by atoms with Gasteiger partial charge in [0.15, 0.2) is 5.65 Å². The van der Waals surface area contributed by atoms with Crippen molar-refractivity contribution >= 4 is 29.2 Å². The van der Waals surface area contributed by atoms with Gasteiger partial charge in [-0.2, -0.15) is 5.10 Å². The number of fused-ring (bicyclic) bond motifs is 1. The normalized spacial score (nSPS) is 12.2. The highest BCUT2D eigenvalue weighted by molar-refractivity contribution is 5.98. The van der Waals surface area contributed by atoms with Crippen molar-refractivity contribution in [3.8, 4) is 22.8 Å². The van der Waals surface area contributed by atoms with E-state index in [1.54, 1.807) is 20.8 Å². The second kappa shape index (κ2) is 9.80. The highest BCUT2D eigenvalue weighted by Gasteiger charge is 2.23. The van der Waals surface area contributed by atoms with Crippen LogP contribution in [-0.2, 0) is 16.1 Å². The van der Waals surface area contributed by atoms with E-state index in [0.717, 1.165) is 11.3 Å². The molecule has 4 aromatic rings. The summed E-state index contributed by atoms with van der Waals surface area (Å²) in [5.41, 5.74) is 7.22. The van der Waals surface area contributed by atoms with Gasteiger partial charge in [-0.15, -0.1) is 0 Å². The number of amides is 1. The molecule has 2 aromatic carbocycles. The molecule has 0 aliphatic carbocycles. The van der Waals surface area contributed by atoms with Crippen LogP contribution in [0.25, 0.3) is 22.3 Å². The van der Waals surface area contributed by atoms with E-state index in [4.69, 9.17) is 15.2 Å². The molecule has 4 rings (SSSR count). The molecule has 3 N–H and O–H groups in total. The van der Waals surface area contributed by atoms with Crippen LogP contribution in [0.1, 0.15) is 20.8 Å². The Morgan fingerprint density at radius 3 is 2.43 bits per heavy atom. The van der Waals surface area contributed by atoms with Gasteiger partial charge in [0.25, 0.3) is 0 Å². The monoisotopic (exact) mass is 474 g/mol. The summed E-state index contributed by atoms with van der Waals surface area (Å²) in [6, 6.07) is 15.9. The van der Waals surface area contributed by atoms with Gasteiger partial charge in [-0.3, -0.25) is 0 Å². The maximum atomic E-state index is 12.1. The maximum Gasteiger partial charge on any atom is 0.408 e. The number of hydrogen-bond acceptors (Lipinski definition) is 8. The van der Waals surface area contributed by atoms with Gasteiger partial charge in [0.2, 0.25) is 0 Å². The van der Waals surface area contributed by atoms with Gasteiger partial charge < -0.3 is 25.3 Å². The van der Waals surface area contributed by atoms with Crippen molar-refractivity contribution < 1.29 is 19.1 Å². The number of para-hydroxylation sites is 1. The lowest BCUT2D eigenvalue weighted by Gasteiger charge is -2.21. The molecule has 0 spiro atoms. The molecule has 0 aliphatic heterocycles. The Balaban J connectivity index is 1.61. The molecule has 1 atom stereocenters. The van der Waals surface area contributed by atoms with Crippen molar-refractivity contribution in [3.63, 3.8) is 0 Å². The van der Waals surface area contributed by atoms with E-state index in [1.807, 2.05) is 54.6 Å². The lowest BCUT2D eigenvalue weighted by molar-refractivity contribution is -0.110. The van der Waals surface area contributed by atoms with Crippen LogP contribution in [0.5, 0.6) is 11.5 Å². The third-order valence-corrected chi connectivity index (χ3v) is 4.90. The van der Waals surface area contributed by atoms with E-state index in [-0.39, 0.29) is 12.4 Å². The summed E-state index contributed by atoms with van der Waals surface area (Å²) >= 11 is 0. The van der Waals surface area contributed by atoms with E-state index >= 15 is 0 Å². The second-order valence-corrected chi connectivity index (χ2v) is 8.82. The molecule has 1 unspecified atom stereocenters. The third-order valence-electron chi connectivity index (χ3n) is 4.90. The molecule has 0 saturated heterocycles. The number of nitrogens with zero attached hydrogens (tertiary/aromatic N) is 4. The SMILES string of the molecule is CC(C)(C)OC(=O)NC(C=O)Cn1nc(-c2ccc(Oc3ccccc3)cc2)c2c(N)ncnc21. The van der Waals surface area contributed by atoms with Crippen LogP contribution in [-0.4, -0.2) is 43.8 Å². The lowest BCUT2D eigenvalue weighted by Crippen LogP contribution is -2.42. The summed E-state index contributed by atoms with van der Waals surface area (Å²) in [5, 5.41) is 7.74. The predicted molar refractivity (Wildman–Crippen MR) is 131 cm³/mol. The summed E-state index contributed by atoms with van der Waals surface area (Å²) in [7, 11) is 0. The summed E-state index contributed by atoms with van der Waals surface area (Å²) in [6.45, 7) is 5.26. The number of rotatable bonds is 7. The number of hydrogen-bond donors (Lipinski definition) is 2. The van der Waals surface area contributed by atoms with Crippen molar-refractivity contribution in [2.75, 3.05) is 5.73 Å². The zero-order valence-corrected chi connectivity index (χ0v) is 19.6. The Labute approximate surface area is 202 Å². The smallest absolute Gasteiger partial charge is 0.408 e. The Morgan fingerprint density at radius 1 is 1.09 bits per heavy atom. The molecule has 35 heavy (non-hydrogen) atoms. The van der Waals surface area contributed by atoms with Crippen LogP contribution in [0.3, 0.4) is 0 Å². The number of carbonyl (C=O) groups is 2. The number of nitrogens with two attached hydrogens (primary N) is 1. The molecule has 0 aliphatic rings. The standard InChI is InChI=1S/C25H26N6O4/c1-25(2,3)35-24(33)29-17(14-32)13-31-23-20(22(26)27-15-28-23)21(30-31)16-9-11-19(12-10-16)34-18-7-5-4-6-8-18/h4-12,14-15,17H,13H2,1-3H3,(H,29,33)(H2,26,27,28). The van der Waals surface area contributed by atoms with Crippen LogP contribution in [0.4, 0.5) is 10.6 Å². The van der Waals surface area contributed by atoms with Gasteiger partial charge in [-0.1, -0.05) is 18.2 Å². The molecule has 180 valence electrons. The number of benzene rings is 2. The molecule has 0 bridgehead atoms. The average Bonchev–Trinajstić information content (AvgIpc) is 3.18. The number of nitrogens with one attached hydrogen (secondary N) is 1. The topological polar surface area (TPSA) is 134 Å². The highest BCUT2D eigenvalue weighted by Crippen LogP contribution is 2.32. The number of nitrogen functional groups attached to an aromatic ring is 1. The molecule has 0 radical (unpaired) electrons. The van der Waals surface area contributed by atoms with E-state index in [2.05, 4.69) is 20.4 Å². The summed E-state index contributed by atoms with van der Waals surface area (Å²) in [6.07, 6.45) is 1.25. The van der Waals surface area contributed by atoms with Gasteiger partial charge >= 0.3 is 6.09 Å². The summed E-state index contributed by atoms with van der Waals surface area (Å²) in [5.74, 6) is 1.64. The largest absolute Gasteiger partial charge is 0.457 e. The number of anilines is 1. The zero-order valence-electron chi connectivity index (χ0n) is 19.6. The van der Waals surface area contributed by atoms with Crippen LogP contribution < -0.4 is 15.8 Å². The van der Waals surface area contributed by atoms with E-state index in [1.165, 1.54) is 11.0 Å². The van der Waals surface area contributed by atoms with E-state index in [9.17, 15) is 9.59 Å². The molecule has 10 nitrogen and oxygen atoms in total. The van der Waals surface area contributed by atoms with Crippen LogP contribution in [0.15, 0.2) is 60.9 Å². The third kappa shape index (κ3) is 5.72. The van der Waals surface area contributed by atoms with Crippen molar-refractivity contribution in [2.24, 2.45) is 0 Å². The quantitative estimate of drug-likeness (QED) is 0.384. The molecule has 10 heteroatoms. The Hall–Kier alpha value is -4.47. The number of alkyl carbamates (subject to hydrolysis) is 1.